The van der Waals surface area contributed by atoms with Crippen molar-refractivity contribution in [3.05, 3.63) is 60.7 Å². The third-order valence-corrected chi connectivity index (χ3v) is 4.93. The minimum absolute atomic E-state index is 0.179. The molecule has 0 aliphatic rings. The second-order valence-corrected chi connectivity index (χ2v) is 6.73. The van der Waals surface area contributed by atoms with Crippen LogP contribution in [-0.2, 0) is 0 Å². The first-order valence-electron chi connectivity index (χ1n) is 6.63. The molecule has 0 saturated carbocycles. The van der Waals surface area contributed by atoms with E-state index in [0.29, 0.717) is 10.7 Å². The van der Waals surface area contributed by atoms with Gasteiger partial charge < -0.3 is 0 Å². The zero-order chi connectivity index (χ0) is 15.4. The summed E-state index contributed by atoms with van der Waals surface area (Å²) in [5, 5.41) is 13.4. The maximum absolute atomic E-state index is 12.3. The van der Waals surface area contributed by atoms with Crippen LogP contribution in [0.25, 0.3) is 10.8 Å². The Kier molecular flexibility index (Phi) is 4.50. The summed E-state index contributed by atoms with van der Waals surface area (Å²) in [4.78, 5) is 12.3. The molecule has 0 unspecified atom stereocenters. The average Bonchev–Trinajstić information content (AvgIpc) is 2.99. The van der Waals surface area contributed by atoms with Gasteiger partial charge in [-0.1, -0.05) is 59.5 Å². The van der Waals surface area contributed by atoms with Crippen molar-refractivity contribution >= 4 is 44.9 Å². The Hall–Kier alpha value is -2.18. The molecule has 0 atom stereocenters. The van der Waals surface area contributed by atoms with Gasteiger partial charge in [-0.3, -0.25) is 10.1 Å². The molecule has 2 aromatic carbocycles. The van der Waals surface area contributed by atoms with Crippen LogP contribution in [0.5, 0.6) is 0 Å². The maximum Gasteiger partial charge on any atom is 0.257 e. The van der Waals surface area contributed by atoms with Gasteiger partial charge in [0, 0.05) is 11.3 Å². The number of nitrogens with one attached hydrogen (secondary N) is 1. The largest absolute Gasteiger partial charge is 0.296 e. The summed E-state index contributed by atoms with van der Waals surface area (Å²) >= 11 is 2.90. The lowest BCUT2D eigenvalue weighted by Crippen LogP contribution is -2.11. The number of anilines is 1. The molecule has 1 amide bonds. The Labute approximate surface area is 136 Å². The van der Waals surface area contributed by atoms with Crippen molar-refractivity contribution in [1.29, 1.82) is 0 Å². The molecule has 3 rings (SSSR count). The molecule has 3 aromatic rings. The number of amides is 1. The Bertz CT molecular complexity index is 829. The van der Waals surface area contributed by atoms with Crippen molar-refractivity contribution in [3.63, 3.8) is 0 Å². The average molecular weight is 327 g/mol. The van der Waals surface area contributed by atoms with E-state index in [4.69, 9.17) is 0 Å². The Balaban J connectivity index is 1.75. The molecule has 6 heteroatoms. The number of carbonyl (C=O) groups excluding carboxylic acids is 1. The van der Waals surface area contributed by atoms with Gasteiger partial charge in [-0.25, -0.2) is 0 Å². The van der Waals surface area contributed by atoms with Crippen LogP contribution in [0.1, 0.15) is 10.4 Å². The van der Waals surface area contributed by atoms with Gasteiger partial charge in [0.15, 0.2) is 4.34 Å². The van der Waals surface area contributed by atoms with Crippen LogP contribution >= 0.6 is 23.1 Å². The van der Waals surface area contributed by atoms with Crippen molar-refractivity contribution in [2.75, 3.05) is 11.1 Å². The van der Waals surface area contributed by atoms with E-state index >= 15 is 0 Å². The van der Waals surface area contributed by atoms with Gasteiger partial charge in [0.2, 0.25) is 5.13 Å². The monoisotopic (exact) mass is 327 g/mol. The first kappa shape index (κ1) is 14.7. The van der Waals surface area contributed by atoms with Gasteiger partial charge in [0.05, 0.1) is 0 Å². The lowest BCUT2D eigenvalue weighted by Gasteiger charge is -2.03. The maximum atomic E-state index is 12.3. The number of fused-ring (bicyclic) bond motifs is 1. The standard InChI is InChI=1S/C16H13N3OS2/c1-2-9-21-16-19-18-15(22-16)17-14(20)13-8-7-11-5-3-4-6-12(11)10-13/h2-8,10H,1,9H2,(H,17,18,20). The van der Waals surface area contributed by atoms with Crippen molar-refractivity contribution in [3.8, 4) is 0 Å². The highest BCUT2D eigenvalue weighted by molar-refractivity contribution is 8.01. The lowest BCUT2D eigenvalue weighted by atomic mass is 10.1. The zero-order valence-corrected chi connectivity index (χ0v) is 13.3. The highest BCUT2D eigenvalue weighted by Crippen LogP contribution is 2.26. The quantitative estimate of drug-likeness (QED) is 0.433. The van der Waals surface area contributed by atoms with Crippen LogP contribution in [0.2, 0.25) is 0 Å². The van der Waals surface area contributed by atoms with Gasteiger partial charge in [-0.2, -0.15) is 0 Å². The van der Waals surface area contributed by atoms with Gasteiger partial charge in [-0.15, -0.1) is 16.8 Å². The molecule has 0 fully saturated rings. The summed E-state index contributed by atoms with van der Waals surface area (Å²) in [6.45, 7) is 3.66. The summed E-state index contributed by atoms with van der Waals surface area (Å²) in [7, 11) is 0. The first-order valence-corrected chi connectivity index (χ1v) is 8.44. The Morgan fingerprint density at radius 3 is 2.86 bits per heavy atom. The fourth-order valence-corrected chi connectivity index (χ4v) is 3.46. The molecule has 1 N–H and O–H groups in total. The van der Waals surface area contributed by atoms with Crippen LogP contribution in [0.15, 0.2) is 59.5 Å². The van der Waals surface area contributed by atoms with Gasteiger partial charge >= 0.3 is 0 Å². The van der Waals surface area contributed by atoms with Crippen LogP contribution in [0.4, 0.5) is 5.13 Å². The predicted molar refractivity (Wildman–Crippen MR) is 92.7 cm³/mol. The Morgan fingerprint density at radius 2 is 2.05 bits per heavy atom. The van der Waals surface area contributed by atoms with Crippen LogP contribution in [0, 0.1) is 0 Å². The second kappa shape index (κ2) is 6.72. The van der Waals surface area contributed by atoms with Crippen molar-refractivity contribution in [2.24, 2.45) is 0 Å². The summed E-state index contributed by atoms with van der Waals surface area (Å²) < 4.78 is 0.814. The minimum atomic E-state index is -0.179. The van der Waals surface area contributed by atoms with E-state index in [9.17, 15) is 4.79 Å². The topological polar surface area (TPSA) is 54.9 Å². The van der Waals surface area contributed by atoms with E-state index < -0.39 is 0 Å². The fourth-order valence-electron chi connectivity index (χ4n) is 1.95. The van der Waals surface area contributed by atoms with Crippen LogP contribution in [-0.4, -0.2) is 21.9 Å². The predicted octanol–water partition coefficient (Wildman–Crippen LogP) is 4.22. The van der Waals surface area contributed by atoms with E-state index in [0.717, 1.165) is 20.9 Å². The zero-order valence-electron chi connectivity index (χ0n) is 11.7. The van der Waals surface area contributed by atoms with Crippen molar-refractivity contribution in [1.82, 2.24) is 10.2 Å². The molecule has 0 saturated heterocycles. The molecule has 4 nitrogen and oxygen atoms in total. The third-order valence-electron chi connectivity index (χ3n) is 2.96. The molecule has 0 bridgehead atoms. The minimum Gasteiger partial charge on any atom is -0.296 e. The van der Waals surface area contributed by atoms with Crippen LogP contribution < -0.4 is 5.32 Å². The lowest BCUT2D eigenvalue weighted by molar-refractivity contribution is 0.102. The van der Waals surface area contributed by atoms with Gasteiger partial charge in [0.1, 0.15) is 0 Å². The molecule has 1 heterocycles. The van der Waals surface area contributed by atoms with E-state index in [1.54, 1.807) is 17.8 Å². The summed E-state index contributed by atoms with van der Waals surface area (Å²) in [6.07, 6.45) is 1.80. The molecule has 0 spiro atoms. The highest BCUT2D eigenvalue weighted by atomic mass is 32.2. The molecule has 0 aliphatic carbocycles. The fraction of sp³-hybridized carbons (Fsp3) is 0.0625. The molecule has 1 aromatic heterocycles. The van der Waals surface area contributed by atoms with E-state index in [2.05, 4.69) is 22.1 Å². The number of hydrogen-bond acceptors (Lipinski definition) is 5. The molecular formula is C16H13N3OS2. The number of benzene rings is 2. The molecule has 0 radical (unpaired) electrons. The van der Waals surface area contributed by atoms with Crippen LogP contribution in [0.3, 0.4) is 0 Å². The number of aromatic nitrogens is 2. The Morgan fingerprint density at radius 1 is 1.23 bits per heavy atom. The van der Waals surface area contributed by atoms with Crippen molar-refractivity contribution < 1.29 is 4.79 Å². The number of carbonyl (C=O) groups is 1. The molecule has 22 heavy (non-hydrogen) atoms. The SMILES string of the molecule is C=CCSc1nnc(NC(=O)c2ccc3ccccc3c2)s1. The van der Waals surface area contributed by atoms with E-state index in [-0.39, 0.29) is 5.91 Å². The third kappa shape index (κ3) is 3.35. The smallest absolute Gasteiger partial charge is 0.257 e. The summed E-state index contributed by atoms with van der Waals surface area (Å²) in [5.41, 5.74) is 0.606. The first-order chi connectivity index (χ1) is 10.8. The summed E-state index contributed by atoms with van der Waals surface area (Å²) in [5.74, 6) is 0.593. The molecular weight excluding hydrogens is 314 g/mol. The van der Waals surface area contributed by atoms with E-state index in [1.807, 2.05) is 42.5 Å². The molecule has 0 aliphatic heterocycles. The second-order valence-electron chi connectivity index (χ2n) is 4.49. The number of thioether (sulfide) groups is 1. The van der Waals surface area contributed by atoms with Gasteiger partial charge in [0.25, 0.3) is 5.91 Å². The molecule has 110 valence electrons. The normalized spacial score (nSPS) is 10.5. The van der Waals surface area contributed by atoms with Gasteiger partial charge in [-0.05, 0) is 22.9 Å². The number of rotatable bonds is 5. The summed E-state index contributed by atoms with van der Waals surface area (Å²) in [6, 6.07) is 13.6. The number of hydrogen-bond donors (Lipinski definition) is 1. The van der Waals surface area contributed by atoms with Crippen molar-refractivity contribution in [2.45, 2.75) is 4.34 Å². The van der Waals surface area contributed by atoms with E-state index in [1.165, 1.54) is 11.3 Å². The highest BCUT2D eigenvalue weighted by Gasteiger charge is 2.10. The number of nitrogens with zero attached hydrogens (tertiary/aromatic N) is 2.